The van der Waals surface area contributed by atoms with Crippen LogP contribution in [0.1, 0.15) is 24.3 Å². The maximum Gasteiger partial charge on any atom is 0.407 e. The van der Waals surface area contributed by atoms with E-state index in [0.717, 1.165) is 11.3 Å². The van der Waals surface area contributed by atoms with Crippen molar-refractivity contribution in [3.05, 3.63) is 45.9 Å². The Bertz CT molecular complexity index is 1170. The zero-order valence-electron chi connectivity index (χ0n) is 16.0. The SMILES string of the molecule is O=C(O)N1CC[C@H]2[C@@H](C1)c1cc(-c3ccc(Cl)cc3Cl)cc3c1N2CCCS3(=O)=O. The molecule has 0 aliphatic carbocycles. The van der Waals surface area contributed by atoms with Gasteiger partial charge in [0, 0.05) is 47.2 Å². The Hall–Kier alpha value is -1.96. The molecular weight excluding hydrogens is 447 g/mol. The summed E-state index contributed by atoms with van der Waals surface area (Å²) in [4.78, 5) is 15.6. The van der Waals surface area contributed by atoms with Crippen molar-refractivity contribution in [3.8, 4) is 11.1 Å². The number of rotatable bonds is 1. The van der Waals surface area contributed by atoms with Crippen LogP contribution in [0.5, 0.6) is 0 Å². The third kappa shape index (κ3) is 3.06. The molecule has 1 saturated heterocycles. The Kier molecular flexibility index (Phi) is 4.69. The summed E-state index contributed by atoms with van der Waals surface area (Å²) < 4.78 is 26.3. The zero-order valence-corrected chi connectivity index (χ0v) is 18.3. The molecule has 9 heteroatoms. The summed E-state index contributed by atoms with van der Waals surface area (Å²) in [5.41, 5.74) is 3.07. The number of sulfone groups is 1. The molecule has 5 rings (SSSR count). The maximum atomic E-state index is 13.1. The first-order valence-corrected chi connectivity index (χ1v) is 12.3. The predicted octanol–water partition coefficient (Wildman–Crippen LogP) is 4.49. The summed E-state index contributed by atoms with van der Waals surface area (Å²) in [5, 5.41) is 10.5. The molecule has 0 aromatic heterocycles. The molecule has 3 aliphatic heterocycles. The molecule has 0 unspecified atom stereocenters. The minimum atomic E-state index is -3.46. The molecule has 2 atom stereocenters. The van der Waals surface area contributed by atoms with E-state index in [1.165, 1.54) is 4.90 Å². The second-order valence-electron chi connectivity index (χ2n) is 8.09. The van der Waals surface area contributed by atoms with Crippen LogP contribution in [0.15, 0.2) is 35.2 Å². The van der Waals surface area contributed by atoms with Crippen molar-refractivity contribution in [1.82, 2.24) is 4.90 Å². The second-order valence-corrected chi connectivity index (χ2v) is 11.0. The molecule has 3 aliphatic rings. The van der Waals surface area contributed by atoms with Crippen molar-refractivity contribution < 1.29 is 18.3 Å². The van der Waals surface area contributed by atoms with Gasteiger partial charge in [-0.1, -0.05) is 29.3 Å². The molecule has 30 heavy (non-hydrogen) atoms. The fourth-order valence-corrected chi connectivity index (χ4v) is 7.19. The Morgan fingerprint density at radius 1 is 1.13 bits per heavy atom. The van der Waals surface area contributed by atoms with Gasteiger partial charge in [0.15, 0.2) is 9.84 Å². The molecule has 2 aromatic rings. The van der Waals surface area contributed by atoms with Gasteiger partial charge in [-0.3, -0.25) is 0 Å². The lowest BCUT2D eigenvalue weighted by Crippen LogP contribution is -2.48. The lowest BCUT2D eigenvalue weighted by molar-refractivity contribution is 0.127. The smallest absolute Gasteiger partial charge is 0.407 e. The average molecular weight is 467 g/mol. The highest BCUT2D eigenvalue weighted by Gasteiger charge is 2.46. The summed E-state index contributed by atoms with van der Waals surface area (Å²) in [6.07, 6.45) is 0.298. The molecule has 1 fully saturated rings. The summed E-state index contributed by atoms with van der Waals surface area (Å²) in [5.74, 6) is 0.0368. The molecule has 3 heterocycles. The van der Waals surface area contributed by atoms with E-state index in [0.29, 0.717) is 58.5 Å². The van der Waals surface area contributed by atoms with Crippen molar-refractivity contribution in [1.29, 1.82) is 0 Å². The van der Waals surface area contributed by atoms with Crippen LogP contribution in [0.4, 0.5) is 10.5 Å². The number of carboxylic acid groups (broad SMARTS) is 1. The number of nitrogens with zero attached hydrogens (tertiary/aromatic N) is 2. The molecular formula is C21H20Cl2N2O4S. The predicted molar refractivity (Wildman–Crippen MR) is 117 cm³/mol. The molecule has 1 amide bonds. The van der Waals surface area contributed by atoms with Crippen LogP contribution in [-0.2, 0) is 9.84 Å². The van der Waals surface area contributed by atoms with Crippen LogP contribution in [0.2, 0.25) is 10.0 Å². The number of hydrogen-bond acceptors (Lipinski definition) is 4. The van der Waals surface area contributed by atoms with E-state index in [2.05, 4.69) is 4.90 Å². The second kappa shape index (κ2) is 7.04. The fraction of sp³-hybridized carbons (Fsp3) is 0.381. The highest BCUT2D eigenvalue weighted by molar-refractivity contribution is 7.91. The summed E-state index contributed by atoms with van der Waals surface area (Å²) in [6.45, 7) is 1.48. The maximum absolute atomic E-state index is 13.1. The number of piperidine rings is 1. The highest BCUT2D eigenvalue weighted by Crippen LogP contribution is 2.51. The lowest BCUT2D eigenvalue weighted by Gasteiger charge is -2.37. The first kappa shape index (κ1) is 20.0. The molecule has 6 nitrogen and oxygen atoms in total. The molecule has 1 N–H and O–H groups in total. The van der Waals surface area contributed by atoms with Crippen LogP contribution in [0.25, 0.3) is 11.1 Å². The summed E-state index contributed by atoms with van der Waals surface area (Å²) in [6, 6.07) is 8.96. The summed E-state index contributed by atoms with van der Waals surface area (Å²) in [7, 11) is -3.46. The average Bonchev–Trinajstić information content (AvgIpc) is 2.92. The van der Waals surface area contributed by atoms with E-state index in [1.54, 1.807) is 24.3 Å². The van der Waals surface area contributed by atoms with E-state index < -0.39 is 15.9 Å². The van der Waals surface area contributed by atoms with Crippen LogP contribution in [0.3, 0.4) is 0 Å². The Labute approximate surface area is 184 Å². The summed E-state index contributed by atoms with van der Waals surface area (Å²) >= 11 is 12.5. The third-order valence-corrected chi connectivity index (χ3v) is 8.78. The number of hydrogen-bond donors (Lipinski definition) is 1. The van der Waals surface area contributed by atoms with Gasteiger partial charge in [0.2, 0.25) is 0 Å². The van der Waals surface area contributed by atoms with Crippen molar-refractivity contribution in [2.75, 3.05) is 30.3 Å². The fourth-order valence-electron chi connectivity index (χ4n) is 5.11. The van der Waals surface area contributed by atoms with Crippen LogP contribution >= 0.6 is 23.2 Å². The number of halogens is 2. The van der Waals surface area contributed by atoms with Gasteiger partial charge in [0.05, 0.1) is 16.3 Å². The Morgan fingerprint density at radius 2 is 1.93 bits per heavy atom. The molecule has 2 aromatic carbocycles. The van der Waals surface area contributed by atoms with Gasteiger partial charge in [-0.15, -0.1) is 0 Å². The topological polar surface area (TPSA) is 77.9 Å². The lowest BCUT2D eigenvalue weighted by atomic mass is 9.88. The van der Waals surface area contributed by atoms with Crippen molar-refractivity contribution >= 4 is 44.8 Å². The molecule has 0 spiro atoms. The van der Waals surface area contributed by atoms with E-state index in [-0.39, 0.29) is 17.7 Å². The number of benzene rings is 2. The molecule has 0 bridgehead atoms. The number of amides is 1. The van der Waals surface area contributed by atoms with Crippen LogP contribution < -0.4 is 4.90 Å². The van der Waals surface area contributed by atoms with E-state index in [9.17, 15) is 18.3 Å². The Balaban J connectivity index is 1.73. The van der Waals surface area contributed by atoms with Crippen molar-refractivity contribution in [2.24, 2.45) is 0 Å². The van der Waals surface area contributed by atoms with Crippen molar-refractivity contribution in [2.45, 2.75) is 29.7 Å². The zero-order chi connectivity index (χ0) is 21.2. The standard InChI is InChI=1S/C21H20Cl2N2O4S/c22-13-2-3-14(17(23)10-13)12-8-15-16-11-24(21(26)27)6-4-18(16)25-5-1-7-30(28,29)19(9-12)20(15)25/h2-3,8-10,16,18H,1,4-7,11H2,(H,26,27)/t16-,18-/m0/s1. The van der Waals surface area contributed by atoms with Gasteiger partial charge in [-0.25, -0.2) is 13.2 Å². The monoisotopic (exact) mass is 466 g/mol. The van der Waals surface area contributed by atoms with Gasteiger partial charge in [-0.05, 0) is 48.2 Å². The van der Waals surface area contributed by atoms with E-state index >= 15 is 0 Å². The normalized spacial score (nSPS) is 24.2. The van der Waals surface area contributed by atoms with Crippen LogP contribution in [-0.4, -0.2) is 55.9 Å². The quantitative estimate of drug-likeness (QED) is 0.669. The van der Waals surface area contributed by atoms with Gasteiger partial charge in [-0.2, -0.15) is 0 Å². The van der Waals surface area contributed by atoms with Gasteiger partial charge < -0.3 is 14.9 Å². The highest BCUT2D eigenvalue weighted by atomic mass is 35.5. The number of likely N-dealkylation sites (tertiary alicyclic amines) is 1. The van der Waals surface area contributed by atoms with Gasteiger partial charge >= 0.3 is 6.09 Å². The number of anilines is 1. The number of carbonyl (C=O) groups is 1. The van der Waals surface area contributed by atoms with Gasteiger partial charge in [0.25, 0.3) is 0 Å². The first-order chi connectivity index (χ1) is 14.3. The molecule has 158 valence electrons. The molecule has 0 saturated carbocycles. The third-order valence-electron chi connectivity index (χ3n) is 6.43. The Morgan fingerprint density at radius 3 is 2.67 bits per heavy atom. The number of fused-ring (bicyclic) bond motifs is 3. The van der Waals surface area contributed by atoms with Gasteiger partial charge in [0.1, 0.15) is 0 Å². The van der Waals surface area contributed by atoms with Crippen LogP contribution in [0, 0.1) is 0 Å². The molecule has 0 radical (unpaired) electrons. The first-order valence-electron chi connectivity index (χ1n) is 9.87. The van der Waals surface area contributed by atoms with E-state index in [1.807, 2.05) is 6.07 Å². The minimum Gasteiger partial charge on any atom is -0.465 e. The largest absolute Gasteiger partial charge is 0.465 e. The van der Waals surface area contributed by atoms with E-state index in [4.69, 9.17) is 23.2 Å². The minimum absolute atomic E-state index is 0.0667. The van der Waals surface area contributed by atoms with Crippen molar-refractivity contribution in [3.63, 3.8) is 0 Å².